The van der Waals surface area contributed by atoms with Gasteiger partial charge in [-0.1, -0.05) is 24.4 Å². The van der Waals surface area contributed by atoms with Crippen molar-refractivity contribution in [3.05, 3.63) is 17.2 Å². The zero-order valence-corrected chi connectivity index (χ0v) is 12.8. The molecule has 3 rings (SSSR count). The summed E-state index contributed by atoms with van der Waals surface area (Å²) in [7, 11) is 0. The van der Waals surface area contributed by atoms with Crippen LogP contribution in [-0.2, 0) is 9.59 Å². The fourth-order valence-corrected chi connectivity index (χ4v) is 3.24. The first-order valence-electron chi connectivity index (χ1n) is 7.32. The predicted molar refractivity (Wildman–Crippen MR) is 84.2 cm³/mol. The number of halogens is 1. The van der Waals surface area contributed by atoms with Crippen LogP contribution in [0.4, 0.5) is 11.4 Å². The Morgan fingerprint density at radius 2 is 2.14 bits per heavy atom. The number of amides is 2. The molecule has 6 nitrogen and oxygen atoms in total. The highest BCUT2D eigenvalue weighted by molar-refractivity contribution is 6.34. The molecule has 2 amide bonds. The van der Waals surface area contributed by atoms with E-state index in [0.29, 0.717) is 28.7 Å². The van der Waals surface area contributed by atoms with Crippen molar-refractivity contribution < 1.29 is 14.3 Å². The Morgan fingerprint density at radius 1 is 1.41 bits per heavy atom. The van der Waals surface area contributed by atoms with Crippen molar-refractivity contribution in [2.75, 3.05) is 23.8 Å². The molecule has 1 aliphatic carbocycles. The summed E-state index contributed by atoms with van der Waals surface area (Å²) < 4.78 is 5.34. The largest absolute Gasteiger partial charge is 0.482 e. The third-order valence-electron chi connectivity index (χ3n) is 4.38. The normalized spacial score (nSPS) is 19.1. The predicted octanol–water partition coefficient (Wildman–Crippen LogP) is 2.13. The van der Waals surface area contributed by atoms with Gasteiger partial charge in [-0.15, -0.1) is 0 Å². The van der Waals surface area contributed by atoms with E-state index in [1.165, 1.54) is 0 Å². The van der Waals surface area contributed by atoms with Gasteiger partial charge in [-0.3, -0.25) is 9.59 Å². The van der Waals surface area contributed by atoms with Crippen LogP contribution in [0.3, 0.4) is 0 Å². The molecule has 7 heteroatoms. The molecule has 0 atom stereocenters. The summed E-state index contributed by atoms with van der Waals surface area (Å²) in [5.74, 6) is 0.162. The van der Waals surface area contributed by atoms with E-state index in [-0.39, 0.29) is 18.4 Å². The van der Waals surface area contributed by atoms with Gasteiger partial charge in [-0.2, -0.15) is 0 Å². The number of nitrogens with one attached hydrogen (secondary N) is 2. The first-order chi connectivity index (χ1) is 10.5. The summed E-state index contributed by atoms with van der Waals surface area (Å²) in [6.07, 6.45) is 3.62. The lowest BCUT2D eigenvalue weighted by Crippen LogP contribution is -2.40. The molecule has 0 spiro atoms. The Labute approximate surface area is 133 Å². The third-order valence-corrected chi connectivity index (χ3v) is 4.70. The Balaban J connectivity index is 1.83. The highest BCUT2D eigenvalue weighted by Gasteiger charge is 2.40. The van der Waals surface area contributed by atoms with Gasteiger partial charge >= 0.3 is 0 Å². The minimum atomic E-state index is -0.506. The maximum Gasteiger partial charge on any atom is 0.262 e. The molecule has 2 aliphatic rings. The van der Waals surface area contributed by atoms with E-state index in [4.69, 9.17) is 22.1 Å². The van der Waals surface area contributed by atoms with Gasteiger partial charge in [-0.05, 0) is 18.9 Å². The quantitative estimate of drug-likeness (QED) is 0.794. The van der Waals surface area contributed by atoms with Gasteiger partial charge in [0.2, 0.25) is 5.91 Å². The Hall–Kier alpha value is -1.79. The van der Waals surface area contributed by atoms with Crippen molar-refractivity contribution in [1.29, 1.82) is 0 Å². The molecule has 1 fully saturated rings. The lowest BCUT2D eigenvalue weighted by atomic mass is 9.85. The van der Waals surface area contributed by atoms with Crippen LogP contribution in [0.15, 0.2) is 12.1 Å². The van der Waals surface area contributed by atoms with Gasteiger partial charge in [-0.25, -0.2) is 0 Å². The molecular weight excluding hydrogens is 306 g/mol. The van der Waals surface area contributed by atoms with E-state index < -0.39 is 5.41 Å². The summed E-state index contributed by atoms with van der Waals surface area (Å²) in [5.41, 5.74) is 6.30. The smallest absolute Gasteiger partial charge is 0.262 e. The van der Waals surface area contributed by atoms with E-state index in [9.17, 15) is 9.59 Å². The van der Waals surface area contributed by atoms with Gasteiger partial charge in [0.05, 0.1) is 21.8 Å². The Morgan fingerprint density at radius 3 is 2.82 bits per heavy atom. The van der Waals surface area contributed by atoms with Gasteiger partial charge in [0, 0.05) is 12.6 Å². The Kier molecular flexibility index (Phi) is 3.97. The molecule has 1 heterocycles. The van der Waals surface area contributed by atoms with E-state index in [1.54, 1.807) is 12.1 Å². The van der Waals surface area contributed by atoms with Crippen LogP contribution in [0.25, 0.3) is 0 Å². The van der Waals surface area contributed by atoms with Crippen LogP contribution in [0.1, 0.15) is 25.7 Å². The number of hydrogen-bond acceptors (Lipinski definition) is 4. The van der Waals surface area contributed by atoms with E-state index in [1.807, 2.05) is 0 Å². The van der Waals surface area contributed by atoms with Gasteiger partial charge in [0.1, 0.15) is 5.75 Å². The number of ether oxygens (including phenoxy) is 1. The number of hydrogen-bond donors (Lipinski definition) is 3. The molecular formula is C15H18ClN3O3. The SMILES string of the molecule is NCC1(C(=O)Nc2cc3c(cc2Cl)NC(=O)CO3)CCCC1. The number of anilines is 2. The van der Waals surface area contributed by atoms with Crippen LogP contribution in [-0.4, -0.2) is 25.0 Å². The molecule has 0 unspecified atom stereocenters. The Bertz CT molecular complexity index is 627. The number of carbonyl (C=O) groups is 2. The first-order valence-corrected chi connectivity index (χ1v) is 7.70. The van der Waals surface area contributed by atoms with Crippen molar-refractivity contribution in [2.45, 2.75) is 25.7 Å². The summed E-state index contributed by atoms with van der Waals surface area (Å²) in [4.78, 5) is 23.9. The second kappa shape index (κ2) is 5.78. The van der Waals surface area contributed by atoms with Crippen molar-refractivity contribution in [2.24, 2.45) is 11.1 Å². The van der Waals surface area contributed by atoms with Crippen LogP contribution < -0.4 is 21.1 Å². The van der Waals surface area contributed by atoms with Crippen LogP contribution >= 0.6 is 11.6 Å². The number of nitrogens with two attached hydrogens (primary N) is 1. The fourth-order valence-electron chi connectivity index (χ4n) is 3.03. The fraction of sp³-hybridized carbons (Fsp3) is 0.467. The maximum atomic E-state index is 12.6. The molecule has 1 saturated carbocycles. The van der Waals surface area contributed by atoms with Crippen LogP contribution in [0.5, 0.6) is 5.75 Å². The van der Waals surface area contributed by atoms with Gasteiger partial charge in [0.15, 0.2) is 6.61 Å². The zero-order valence-electron chi connectivity index (χ0n) is 12.1. The van der Waals surface area contributed by atoms with Crippen LogP contribution in [0, 0.1) is 5.41 Å². The topological polar surface area (TPSA) is 93.5 Å². The summed E-state index contributed by atoms with van der Waals surface area (Å²) >= 11 is 6.20. The lowest BCUT2D eigenvalue weighted by molar-refractivity contribution is -0.125. The zero-order chi connectivity index (χ0) is 15.7. The molecule has 22 heavy (non-hydrogen) atoms. The highest BCUT2D eigenvalue weighted by atomic mass is 35.5. The number of carbonyl (C=O) groups excluding carboxylic acids is 2. The van der Waals surface area contributed by atoms with Crippen molar-refractivity contribution in [3.8, 4) is 5.75 Å². The lowest BCUT2D eigenvalue weighted by Gasteiger charge is -2.26. The summed E-state index contributed by atoms with van der Waals surface area (Å²) in [6.45, 7) is 0.280. The van der Waals surface area contributed by atoms with Crippen LogP contribution in [0.2, 0.25) is 5.02 Å². The average molecular weight is 324 g/mol. The molecule has 4 N–H and O–H groups in total. The maximum absolute atomic E-state index is 12.6. The minimum absolute atomic E-state index is 0.0469. The molecule has 0 aromatic heterocycles. The number of fused-ring (bicyclic) bond motifs is 1. The van der Waals surface area contributed by atoms with Crippen molar-refractivity contribution in [1.82, 2.24) is 0 Å². The van der Waals surface area contributed by atoms with E-state index in [2.05, 4.69) is 10.6 Å². The molecule has 1 aromatic rings. The molecule has 0 saturated heterocycles. The first kappa shape index (κ1) is 15.1. The average Bonchev–Trinajstić information content (AvgIpc) is 2.98. The van der Waals surface area contributed by atoms with E-state index in [0.717, 1.165) is 25.7 Å². The van der Waals surface area contributed by atoms with Crippen molar-refractivity contribution in [3.63, 3.8) is 0 Å². The van der Waals surface area contributed by atoms with Gasteiger partial charge < -0.3 is 21.1 Å². The summed E-state index contributed by atoms with van der Waals surface area (Å²) in [6, 6.07) is 3.21. The van der Waals surface area contributed by atoms with E-state index >= 15 is 0 Å². The second-order valence-electron chi connectivity index (χ2n) is 5.81. The second-order valence-corrected chi connectivity index (χ2v) is 6.22. The minimum Gasteiger partial charge on any atom is -0.482 e. The third kappa shape index (κ3) is 2.64. The molecule has 0 bridgehead atoms. The van der Waals surface area contributed by atoms with Gasteiger partial charge in [0.25, 0.3) is 5.91 Å². The molecule has 0 radical (unpaired) electrons. The summed E-state index contributed by atoms with van der Waals surface area (Å²) in [5, 5.41) is 5.89. The number of rotatable bonds is 3. The standard InChI is InChI=1S/C15H18ClN3O3/c16-9-5-11-12(22-7-13(20)18-11)6-10(9)19-14(21)15(8-17)3-1-2-4-15/h5-6H,1-4,7-8,17H2,(H,18,20)(H,19,21). The number of benzene rings is 1. The molecule has 118 valence electrons. The highest BCUT2D eigenvalue weighted by Crippen LogP contribution is 2.40. The monoisotopic (exact) mass is 323 g/mol. The van der Waals surface area contributed by atoms with Crippen molar-refractivity contribution >= 4 is 34.8 Å². The molecule has 1 aliphatic heterocycles. The molecule has 1 aromatic carbocycles.